The molecule has 0 bridgehead atoms. The lowest BCUT2D eigenvalue weighted by atomic mass is 10.1. The number of hydrogen-bond acceptors (Lipinski definition) is 2. The zero-order valence-electron chi connectivity index (χ0n) is 12.0. The Hall–Kier alpha value is -0.730. The highest BCUT2D eigenvalue weighted by Crippen LogP contribution is 2.26. The Morgan fingerprint density at radius 2 is 1.84 bits per heavy atom. The molecule has 1 aliphatic carbocycles. The van der Waals surface area contributed by atoms with Gasteiger partial charge in [0.1, 0.15) is 12.4 Å². The minimum atomic E-state index is 0.716. The fraction of sp³-hybridized carbons (Fsp3) is 0.625. The van der Waals surface area contributed by atoms with Crippen LogP contribution in [0.2, 0.25) is 5.02 Å². The van der Waals surface area contributed by atoms with Crippen LogP contribution in [0.4, 0.5) is 0 Å². The topological polar surface area (TPSA) is 21.3 Å². The predicted octanol–water partition coefficient (Wildman–Crippen LogP) is 4.12. The van der Waals surface area contributed by atoms with Gasteiger partial charge in [-0.05, 0) is 62.4 Å². The Labute approximate surface area is 121 Å². The highest BCUT2D eigenvalue weighted by Gasteiger charge is 2.13. The summed E-state index contributed by atoms with van der Waals surface area (Å²) in [5, 5.41) is 4.33. The quantitative estimate of drug-likeness (QED) is 0.792. The van der Waals surface area contributed by atoms with Gasteiger partial charge in [-0.3, -0.25) is 0 Å². The van der Waals surface area contributed by atoms with E-state index < -0.39 is 0 Å². The van der Waals surface area contributed by atoms with Gasteiger partial charge in [-0.15, -0.1) is 0 Å². The molecule has 0 amide bonds. The molecule has 0 aromatic heterocycles. The molecule has 0 radical (unpaired) electrons. The summed E-state index contributed by atoms with van der Waals surface area (Å²) in [7, 11) is 0. The first kappa shape index (κ1) is 14.7. The number of halogens is 1. The van der Waals surface area contributed by atoms with Gasteiger partial charge in [0.25, 0.3) is 0 Å². The molecule has 106 valence electrons. The van der Waals surface area contributed by atoms with Crippen LogP contribution in [0.5, 0.6) is 5.75 Å². The molecule has 2 nitrogen and oxygen atoms in total. The van der Waals surface area contributed by atoms with E-state index in [0.717, 1.165) is 40.9 Å². The van der Waals surface area contributed by atoms with Crippen molar-refractivity contribution in [1.82, 2.24) is 5.32 Å². The maximum atomic E-state index is 6.14. The monoisotopic (exact) mass is 281 g/mol. The second kappa shape index (κ2) is 7.16. The fourth-order valence-electron chi connectivity index (χ4n) is 2.75. The third kappa shape index (κ3) is 4.39. The second-order valence-electron chi connectivity index (χ2n) is 5.57. The van der Waals surface area contributed by atoms with Crippen LogP contribution in [0.15, 0.2) is 12.1 Å². The van der Waals surface area contributed by atoms with Crippen molar-refractivity contribution in [2.45, 2.75) is 39.5 Å². The van der Waals surface area contributed by atoms with E-state index in [1.54, 1.807) is 0 Å². The van der Waals surface area contributed by atoms with Gasteiger partial charge in [0.05, 0.1) is 0 Å². The first-order valence-electron chi connectivity index (χ1n) is 7.27. The molecule has 0 heterocycles. The van der Waals surface area contributed by atoms with Gasteiger partial charge in [0, 0.05) is 11.6 Å². The lowest BCUT2D eigenvalue weighted by Crippen LogP contribution is -2.26. The molecule has 0 saturated heterocycles. The number of hydrogen-bond donors (Lipinski definition) is 1. The van der Waals surface area contributed by atoms with Gasteiger partial charge in [-0.25, -0.2) is 0 Å². The Balaban J connectivity index is 1.67. The molecule has 3 heteroatoms. The Morgan fingerprint density at radius 3 is 2.47 bits per heavy atom. The van der Waals surface area contributed by atoms with Crippen LogP contribution in [0.25, 0.3) is 0 Å². The minimum absolute atomic E-state index is 0.716. The molecule has 2 rings (SSSR count). The van der Waals surface area contributed by atoms with E-state index in [-0.39, 0.29) is 0 Å². The smallest absolute Gasteiger partial charge is 0.119 e. The second-order valence-corrected chi connectivity index (χ2v) is 5.95. The summed E-state index contributed by atoms with van der Waals surface area (Å²) >= 11 is 6.14. The summed E-state index contributed by atoms with van der Waals surface area (Å²) in [5.41, 5.74) is 2.16. The Bertz CT molecular complexity index is 390. The maximum absolute atomic E-state index is 6.14. The molecule has 1 fully saturated rings. The summed E-state index contributed by atoms with van der Waals surface area (Å²) in [6, 6.07) is 4.01. The predicted molar refractivity (Wildman–Crippen MR) is 81.2 cm³/mol. The molecule has 0 spiro atoms. The fourth-order valence-corrected chi connectivity index (χ4v) is 2.86. The molecule has 1 aliphatic rings. The molecule has 19 heavy (non-hydrogen) atoms. The van der Waals surface area contributed by atoms with Crippen LogP contribution in [-0.4, -0.2) is 19.7 Å². The minimum Gasteiger partial charge on any atom is -0.492 e. The van der Waals surface area contributed by atoms with Crippen molar-refractivity contribution in [2.24, 2.45) is 5.92 Å². The Morgan fingerprint density at radius 1 is 1.21 bits per heavy atom. The van der Waals surface area contributed by atoms with E-state index in [0.29, 0.717) is 6.61 Å². The SMILES string of the molecule is Cc1cc(OCCNCC2CCCC2)cc(C)c1Cl. The van der Waals surface area contributed by atoms with E-state index in [9.17, 15) is 0 Å². The van der Waals surface area contributed by atoms with Crippen molar-refractivity contribution in [3.05, 3.63) is 28.3 Å². The van der Waals surface area contributed by atoms with Gasteiger partial charge >= 0.3 is 0 Å². The standard InChI is InChI=1S/C16H24ClNO/c1-12-9-15(10-13(2)16(12)17)19-8-7-18-11-14-5-3-4-6-14/h9-10,14,18H,3-8,11H2,1-2H3. The van der Waals surface area contributed by atoms with Crippen LogP contribution < -0.4 is 10.1 Å². The zero-order valence-corrected chi connectivity index (χ0v) is 12.7. The summed E-state index contributed by atoms with van der Waals surface area (Å²) in [6.07, 6.45) is 5.60. The normalized spacial score (nSPS) is 15.9. The van der Waals surface area contributed by atoms with E-state index in [4.69, 9.17) is 16.3 Å². The largest absolute Gasteiger partial charge is 0.492 e. The molecule has 1 aromatic rings. The molecule has 0 unspecified atom stereocenters. The van der Waals surface area contributed by atoms with Crippen LogP contribution in [0.3, 0.4) is 0 Å². The average molecular weight is 282 g/mol. The van der Waals surface area contributed by atoms with Crippen molar-refractivity contribution in [3.8, 4) is 5.75 Å². The molecular weight excluding hydrogens is 258 g/mol. The lowest BCUT2D eigenvalue weighted by Gasteiger charge is -2.12. The van der Waals surface area contributed by atoms with Crippen LogP contribution in [0.1, 0.15) is 36.8 Å². The van der Waals surface area contributed by atoms with Crippen molar-refractivity contribution in [3.63, 3.8) is 0 Å². The average Bonchev–Trinajstić information content (AvgIpc) is 2.88. The Kier molecular flexibility index (Phi) is 5.53. The zero-order chi connectivity index (χ0) is 13.7. The van der Waals surface area contributed by atoms with Crippen molar-refractivity contribution < 1.29 is 4.74 Å². The summed E-state index contributed by atoms with van der Waals surface area (Å²) in [5.74, 6) is 1.81. The highest BCUT2D eigenvalue weighted by atomic mass is 35.5. The van der Waals surface area contributed by atoms with Gasteiger partial charge in [0.15, 0.2) is 0 Å². The van der Waals surface area contributed by atoms with Crippen LogP contribution in [0, 0.1) is 19.8 Å². The molecular formula is C16H24ClNO. The lowest BCUT2D eigenvalue weighted by molar-refractivity contribution is 0.308. The molecule has 0 aliphatic heterocycles. The van der Waals surface area contributed by atoms with Crippen molar-refractivity contribution in [1.29, 1.82) is 0 Å². The summed E-state index contributed by atoms with van der Waals surface area (Å²) < 4.78 is 5.77. The first-order valence-corrected chi connectivity index (χ1v) is 7.65. The maximum Gasteiger partial charge on any atom is 0.119 e. The van der Waals surface area contributed by atoms with Crippen LogP contribution >= 0.6 is 11.6 Å². The van der Waals surface area contributed by atoms with E-state index in [1.165, 1.54) is 25.7 Å². The van der Waals surface area contributed by atoms with Crippen molar-refractivity contribution in [2.75, 3.05) is 19.7 Å². The molecule has 0 atom stereocenters. The number of ether oxygens (including phenoxy) is 1. The third-order valence-corrected chi connectivity index (χ3v) is 4.46. The summed E-state index contributed by atoms with van der Waals surface area (Å²) in [4.78, 5) is 0. The number of benzene rings is 1. The van der Waals surface area contributed by atoms with Crippen LogP contribution in [-0.2, 0) is 0 Å². The third-order valence-electron chi connectivity index (χ3n) is 3.87. The number of aryl methyl sites for hydroxylation is 2. The van der Waals surface area contributed by atoms with Crippen molar-refractivity contribution >= 4 is 11.6 Å². The van der Waals surface area contributed by atoms with Gasteiger partial charge in [-0.1, -0.05) is 24.4 Å². The van der Waals surface area contributed by atoms with Gasteiger partial charge < -0.3 is 10.1 Å². The number of nitrogens with one attached hydrogen (secondary N) is 1. The van der Waals surface area contributed by atoms with E-state index in [1.807, 2.05) is 26.0 Å². The molecule has 1 N–H and O–H groups in total. The summed E-state index contributed by atoms with van der Waals surface area (Å²) in [6.45, 7) is 6.80. The van der Waals surface area contributed by atoms with E-state index >= 15 is 0 Å². The van der Waals surface area contributed by atoms with Gasteiger partial charge in [0.2, 0.25) is 0 Å². The highest BCUT2D eigenvalue weighted by molar-refractivity contribution is 6.32. The molecule has 1 saturated carbocycles. The first-order chi connectivity index (χ1) is 9.16. The van der Waals surface area contributed by atoms with E-state index in [2.05, 4.69) is 5.32 Å². The van der Waals surface area contributed by atoms with Gasteiger partial charge in [-0.2, -0.15) is 0 Å². The molecule has 1 aromatic carbocycles. The number of rotatable bonds is 6.